The summed E-state index contributed by atoms with van der Waals surface area (Å²) in [5, 5.41) is 17.5. The van der Waals surface area contributed by atoms with E-state index in [0.717, 1.165) is 35.2 Å². The Labute approximate surface area is 142 Å². The summed E-state index contributed by atoms with van der Waals surface area (Å²) >= 11 is 0. The summed E-state index contributed by atoms with van der Waals surface area (Å²) < 4.78 is 6.78. The minimum absolute atomic E-state index is 0.00401. The smallest absolute Gasteiger partial charge is 0.306 e. The van der Waals surface area contributed by atoms with Crippen LogP contribution < -0.4 is 0 Å². The van der Waals surface area contributed by atoms with Gasteiger partial charge in [-0.05, 0) is 49.3 Å². The number of nitrogens with zero attached hydrogens (tertiary/aromatic N) is 3. The molecule has 0 spiro atoms. The Morgan fingerprint density at radius 3 is 2.83 bits per heavy atom. The topological polar surface area (TPSA) is 77.2 Å². The molecule has 0 aliphatic heterocycles. The minimum Gasteiger partial charge on any atom is -0.466 e. The van der Waals surface area contributed by atoms with Gasteiger partial charge in [0.15, 0.2) is 0 Å². The lowest BCUT2D eigenvalue weighted by Gasteiger charge is -2.18. The van der Waals surface area contributed by atoms with Crippen LogP contribution in [-0.2, 0) is 29.6 Å². The fourth-order valence-corrected chi connectivity index (χ4v) is 2.76. The average Bonchev–Trinajstić information content (AvgIpc) is 2.97. The summed E-state index contributed by atoms with van der Waals surface area (Å²) in [6.45, 7) is 4.15. The van der Waals surface area contributed by atoms with Gasteiger partial charge in [0.05, 0.1) is 25.3 Å². The van der Waals surface area contributed by atoms with Crippen LogP contribution in [0.3, 0.4) is 0 Å². The van der Waals surface area contributed by atoms with Gasteiger partial charge in [-0.25, -0.2) is 0 Å². The third-order valence-corrected chi connectivity index (χ3v) is 4.13. The molecule has 6 nitrogen and oxygen atoms in total. The first kappa shape index (κ1) is 18.1. The molecule has 0 bridgehead atoms. The predicted octanol–water partition coefficient (Wildman–Crippen LogP) is 2.29. The van der Waals surface area contributed by atoms with E-state index in [9.17, 15) is 9.90 Å². The molecule has 1 aromatic heterocycles. The van der Waals surface area contributed by atoms with Crippen molar-refractivity contribution in [3.8, 4) is 0 Å². The quantitative estimate of drug-likeness (QED) is 0.751. The van der Waals surface area contributed by atoms with Gasteiger partial charge in [-0.1, -0.05) is 23.4 Å². The largest absolute Gasteiger partial charge is 0.466 e. The molecular formula is C18H25N3O3. The van der Waals surface area contributed by atoms with Crippen LogP contribution in [0.4, 0.5) is 0 Å². The molecule has 0 radical (unpaired) electrons. The van der Waals surface area contributed by atoms with Crippen LogP contribution in [0.15, 0.2) is 24.4 Å². The normalized spacial score (nSPS) is 12.2. The minimum atomic E-state index is -0.201. The standard InChI is InChI=1S/C18H25N3O3/c1-4-24-18(23)10-15(7-8-17-11-21(3)20-19-17)14-6-5-13(2)16(9-14)12-22/h5-6,9,11,15,22H,4,7-8,10,12H2,1-3H3. The van der Waals surface area contributed by atoms with Crippen molar-refractivity contribution < 1.29 is 14.6 Å². The number of hydrogen-bond acceptors (Lipinski definition) is 5. The highest BCUT2D eigenvalue weighted by molar-refractivity contribution is 5.70. The number of carbonyl (C=O) groups excluding carboxylic acids is 1. The van der Waals surface area contributed by atoms with Gasteiger partial charge >= 0.3 is 5.97 Å². The lowest BCUT2D eigenvalue weighted by Crippen LogP contribution is -2.12. The maximum atomic E-state index is 12.0. The second kappa shape index (κ2) is 8.59. The van der Waals surface area contributed by atoms with Gasteiger partial charge in [-0.3, -0.25) is 9.48 Å². The van der Waals surface area contributed by atoms with E-state index in [1.165, 1.54) is 0 Å². The molecular weight excluding hydrogens is 306 g/mol. The number of benzene rings is 1. The van der Waals surface area contributed by atoms with Gasteiger partial charge < -0.3 is 9.84 Å². The number of esters is 1. The monoisotopic (exact) mass is 331 g/mol. The number of aromatic nitrogens is 3. The van der Waals surface area contributed by atoms with Crippen molar-refractivity contribution in [2.24, 2.45) is 7.05 Å². The summed E-state index contributed by atoms with van der Waals surface area (Å²) in [5.41, 5.74) is 3.88. The third kappa shape index (κ3) is 4.89. The van der Waals surface area contributed by atoms with Crippen molar-refractivity contribution in [2.45, 2.75) is 45.6 Å². The van der Waals surface area contributed by atoms with E-state index in [4.69, 9.17) is 4.74 Å². The molecule has 1 atom stereocenters. The Morgan fingerprint density at radius 1 is 1.42 bits per heavy atom. The molecule has 0 fully saturated rings. The molecule has 1 aromatic carbocycles. The first-order valence-electron chi connectivity index (χ1n) is 8.24. The van der Waals surface area contributed by atoms with Crippen LogP contribution in [0.5, 0.6) is 0 Å². The summed E-state index contributed by atoms with van der Waals surface area (Å²) in [7, 11) is 1.83. The van der Waals surface area contributed by atoms with Crippen LogP contribution >= 0.6 is 0 Å². The molecule has 2 aromatic rings. The lowest BCUT2D eigenvalue weighted by atomic mass is 9.88. The first-order chi connectivity index (χ1) is 11.5. The molecule has 0 saturated carbocycles. The van der Waals surface area contributed by atoms with Crippen molar-refractivity contribution >= 4 is 5.97 Å². The summed E-state index contributed by atoms with van der Waals surface area (Å²) in [6, 6.07) is 5.99. The Morgan fingerprint density at radius 2 is 2.21 bits per heavy atom. The van der Waals surface area contributed by atoms with E-state index >= 15 is 0 Å². The maximum absolute atomic E-state index is 12.0. The summed E-state index contributed by atoms with van der Waals surface area (Å²) in [4.78, 5) is 12.0. The van der Waals surface area contributed by atoms with E-state index in [1.54, 1.807) is 4.68 Å². The second-order valence-corrected chi connectivity index (χ2v) is 5.97. The highest BCUT2D eigenvalue weighted by Gasteiger charge is 2.18. The van der Waals surface area contributed by atoms with E-state index in [-0.39, 0.29) is 18.5 Å². The molecule has 0 amide bonds. The molecule has 0 aliphatic carbocycles. The van der Waals surface area contributed by atoms with Gasteiger partial charge in [0, 0.05) is 13.2 Å². The third-order valence-electron chi connectivity index (χ3n) is 4.13. The Bertz CT molecular complexity index is 682. The van der Waals surface area contributed by atoms with Gasteiger partial charge in [-0.2, -0.15) is 0 Å². The molecule has 0 aliphatic rings. The first-order valence-corrected chi connectivity index (χ1v) is 8.24. The Balaban J connectivity index is 2.16. The highest BCUT2D eigenvalue weighted by atomic mass is 16.5. The van der Waals surface area contributed by atoms with Gasteiger partial charge in [-0.15, -0.1) is 5.10 Å². The van der Waals surface area contributed by atoms with Gasteiger partial charge in [0.1, 0.15) is 0 Å². The molecule has 0 saturated heterocycles. The Hall–Kier alpha value is -2.21. The second-order valence-electron chi connectivity index (χ2n) is 5.97. The number of aliphatic hydroxyl groups is 1. The van der Waals surface area contributed by atoms with Crippen molar-refractivity contribution in [3.05, 3.63) is 46.8 Å². The molecule has 2 rings (SSSR count). The molecule has 130 valence electrons. The van der Waals surface area contributed by atoms with Crippen molar-refractivity contribution in [3.63, 3.8) is 0 Å². The highest BCUT2D eigenvalue weighted by Crippen LogP contribution is 2.27. The van der Waals surface area contributed by atoms with E-state index < -0.39 is 0 Å². The van der Waals surface area contributed by atoms with E-state index in [1.807, 2.05) is 45.3 Å². The molecule has 1 heterocycles. The van der Waals surface area contributed by atoms with Gasteiger partial charge in [0.2, 0.25) is 0 Å². The van der Waals surface area contributed by atoms with E-state index in [2.05, 4.69) is 10.3 Å². The van der Waals surface area contributed by atoms with Crippen LogP contribution in [0, 0.1) is 6.92 Å². The van der Waals surface area contributed by atoms with Crippen molar-refractivity contribution in [1.82, 2.24) is 15.0 Å². The zero-order valence-corrected chi connectivity index (χ0v) is 14.5. The van der Waals surface area contributed by atoms with Crippen LogP contribution in [-0.4, -0.2) is 32.7 Å². The zero-order valence-electron chi connectivity index (χ0n) is 14.5. The van der Waals surface area contributed by atoms with Crippen LogP contribution in [0.2, 0.25) is 0 Å². The van der Waals surface area contributed by atoms with Crippen molar-refractivity contribution in [2.75, 3.05) is 6.61 Å². The van der Waals surface area contributed by atoms with Crippen LogP contribution in [0.1, 0.15) is 48.1 Å². The van der Waals surface area contributed by atoms with E-state index in [0.29, 0.717) is 13.0 Å². The zero-order chi connectivity index (χ0) is 17.5. The van der Waals surface area contributed by atoms with Gasteiger partial charge in [0.25, 0.3) is 0 Å². The summed E-state index contributed by atoms with van der Waals surface area (Å²) in [6.07, 6.45) is 3.71. The van der Waals surface area contributed by atoms with Crippen molar-refractivity contribution in [1.29, 1.82) is 0 Å². The molecule has 24 heavy (non-hydrogen) atoms. The fourth-order valence-electron chi connectivity index (χ4n) is 2.76. The maximum Gasteiger partial charge on any atom is 0.306 e. The lowest BCUT2D eigenvalue weighted by molar-refractivity contribution is -0.143. The molecule has 1 unspecified atom stereocenters. The fraction of sp³-hybridized carbons (Fsp3) is 0.500. The number of aryl methyl sites for hydroxylation is 3. The van der Waals surface area contributed by atoms with Crippen LogP contribution in [0.25, 0.3) is 0 Å². The number of hydrogen-bond donors (Lipinski definition) is 1. The number of carbonyl (C=O) groups is 1. The Kier molecular flexibility index (Phi) is 6.49. The molecule has 1 N–H and O–H groups in total. The SMILES string of the molecule is CCOC(=O)CC(CCc1cn(C)nn1)c1ccc(C)c(CO)c1. The predicted molar refractivity (Wildman–Crippen MR) is 90.4 cm³/mol. The number of aliphatic hydroxyl groups excluding tert-OH is 1. The average molecular weight is 331 g/mol. The summed E-state index contributed by atoms with van der Waals surface area (Å²) in [5.74, 6) is -0.176. The number of ether oxygens (including phenoxy) is 1. The number of rotatable bonds is 8. The molecule has 6 heteroatoms.